The summed E-state index contributed by atoms with van der Waals surface area (Å²) >= 11 is -1.28. The van der Waals surface area contributed by atoms with Crippen LogP contribution in [0.25, 0.3) is 0 Å². The van der Waals surface area contributed by atoms with Crippen LogP contribution in [0.2, 0.25) is 0 Å². The molecule has 0 aromatic heterocycles. The van der Waals surface area contributed by atoms with E-state index in [1.807, 2.05) is 41.5 Å². The van der Waals surface area contributed by atoms with E-state index in [-0.39, 0.29) is 10.8 Å². The molecule has 0 aromatic rings. The van der Waals surface area contributed by atoms with Crippen molar-refractivity contribution in [1.82, 2.24) is 0 Å². The number of amidine groups is 1. The van der Waals surface area contributed by atoms with Crippen LogP contribution >= 0.6 is 0 Å². The minimum Gasteiger partial charge on any atom is -0.591 e. The maximum Gasteiger partial charge on any atom is 0.145 e. The zero-order valence-electron chi connectivity index (χ0n) is 11.8. The molecular weight excluding hydrogens is 234 g/mol. The highest BCUT2D eigenvalue weighted by molar-refractivity contribution is 7.91. The first kappa shape index (κ1) is 16.4. The molecule has 5 heteroatoms. The molecule has 4 nitrogen and oxygen atoms in total. The minimum absolute atomic E-state index is 0.125. The molecule has 0 rings (SSSR count). The molecule has 0 aliphatic carbocycles. The molecule has 100 valence electrons. The second-order valence-electron chi connectivity index (χ2n) is 5.26. The lowest BCUT2D eigenvalue weighted by atomic mass is 10.2. The first-order valence-corrected chi connectivity index (χ1v) is 7.12. The highest BCUT2D eigenvalue weighted by Crippen LogP contribution is 2.17. The number of nitrogens with two attached hydrogens (primary N) is 1. The van der Waals surface area contributed by atoms with Gasteiger partial charge in [-0.2, -0.15) is 0 Å². The average Bonchev–Trinajstić information content (AvgIpc) is 2.14. The monoisotopic (exact) mass is 259 g/mol. The van der Waals surface area contributed by atoms with E-state index in [2.05, 4.69) is 9.39 Å². The van der Waals surface area contributed by atoms with Crippen molar-refractivity contribution in [2.75, 3.05) is 0 Å². The van der Waals surface area contributed by atoms with Gasteiger partial charge in [-0.1, -0.05) is 17.7 Å². The molecule has 0 saturated carbocycles. The van der Waals surface area contributed by atoms with Crippen LogP contribution in [0.5, 0.6) is 0 Å². The van der Waals surface area contributed by atoms with Crippen molar-refractivity contribution in [1.29, 1.82) is 0 Å². The molecule has 17 heavy (non-hydrogen) atoms. The van der Waals surface area contributed by atoms with E-state index in [1.165, 1.54) is 0 Å². The number of hydrogen-bond acceptors (Lipinski definition) is 3. The Morgan fingerprint density at radius 3 is 2.24 bits per heavy atom. The first-order valence-electron chi connectivity index (χ1n) is 6.01. The summed E-state index contributed by atoms with van der Waals surface area (Å²) in [6, 6.07) is 0.125. The predicted molar refractivity (Wildman–Crippen MR) is 77.0 cm³/mol. The van der Waals surface area contributed by atoms with Gasteiger partial charge in [0.2, 0.25) is 0 Å². The zero-order chi connectivity index (χ0) is 13.6. The molecule has 0 amide bonds. The molecule has 0 aliphatic heterocycles. The molecule has 1 atom stereocenters. The Kier molecular flexibility index (Phi) is 6.78. The van der Waals surface area contributed by atoms with Crippen molar-refractivity contribution in [3.63, 3.8) is 0 Å². The van der Waals surface area contributed by atoms with Crippen LogP contribution in [-0.4, -0.2) is 26.9 Å². The van der Waals surface area contributed by atoms with Crippen molar-refractivity contribution in [2.45, 2.75) is 65.2 Å². The van der Waals surface area contributed by atoms with Crippen molar-refractivity contribution < 1.29 is 4.55 Å². The second kappa shape index (κ2) is 7.01. The zero-order valence-corrected chi connectivity index (χ0v) is 12.6. The third-order valence-electron chi connectivity index (χ3n) is 1.90. The van der Waals surface area contributed by atoms with Gasteiger partial charge in [-0.25, -0.2) is 0 Å². The highest BCUT2D eigenvalue weighted by atomic mass is 32.2. The molecule has 0 aliphatic rings. The van der Waals surface area contributed by atoms with Gasteiger partial charge in [-0.15, -0.1) is 0 Å². The number of rotatable bonds is 5. The van der Waals surface area contributed by atoms with E-state index in [0.717, 1.165) is 6.42 Å². The summed E-state index contributed by atoms with van der Waals surface area (Å²) in [6.07, 6.45) is 1.62. The molecular formula is C12H25N3OS. The van der Waals surface area contributed by atoms with Gasteiger partial charge >= 0.3 is 0 Å². The van der Waals surface area contributed by atoms with E-state index in [9.17, 15) is 4.55 Å². The van der Waals surface area contributed by atoms with Crippen LogP contribution in [0.4, 0.5) is 0 Å². The maximum atomic E-state index is 12.0. The summed E-state index contributed by atoms with van der Waals surface area (Å²) in [5.41, 5.74) is 6.54. The van der Waals surface area contributed by atoms with Crippen LogP contribution in [0.3, 0.4) is 0 Å². The fourth-order valence-electron chi connectivity index (χ4n) is 1.05. The Labute approximate surface area is 108 Å². The molecule has 0 spiro atoms. The SMILES string of the molecule is CCCC(=N[S+]([O-])C(C)(C)C)C(N)=NC(C)C. The highest BCUT2D eigenvalue weighted by Gasteiger charge is 2.27. The summed E-state index contributed by atoms with van der Waals surface area (Å²) in [7, 11) is 0. The van der Waals surface area contributed by atoms with Crippen molar-refractivity contribution in [3.05, 3.63) is 0 Å². The van der Waals surface area contributed by atoms with Crippen molar-refractivity contribution in [3.8, 4) is 0 Å². The van der Waals surface area contributed by atoms with Crippen molar-refractivity contribution >= 4 is 22.9 Å². The molecule has 0 fully saturated rings. The van der Waals surface area contributed by atoms with Gasteiger partial charge in [-0.3, -0.25) is 4.99 Å². The van der Waals surface area contributed by atoms with Crippen LogP contribution in [0.15, 0.2) is 9.39 Å². The van der Waals surface area contributed by atoms with Gasteiger partial charge in [0.15, 0.2) is 0 Å². The van der Waals surface area contributed by atoms with Crippen LogP contribution in [0, 0.1) is 0 Å². The fourth-order valence-corrected chi connectivity index (χ4v) is 1.71. The van der Waals surface area contributed by atoms with Crippen molar-refractivity contribution in [2.24, 2.45) is 15.1 Å². The molecule has 0 aromatic carbocycles. The van der Waals surface area contributed by atoms with Gasteiger partial charge in [0.05, 0.1) is 0 Å². The largest absolute Gasteiger partial charge is 0.591 e. The molecule has 2 N–H and O–H groups in total. The lowest BCUT2D eigenvalue weighted by molar-refractivity contribution is 0.561. The summed E-state index contributed by atoms with van der Waals surface area (Å²) < 4.78 is 15.8. The summed E-state index contributed by atoms with van der Waals surface area (Å²) in [6.45, 7) is 11.6. The molecule has 0 heterocycles. The first-order chi connectivity index (χ1) is 7.68. The molecule has 0 saturated heterocycles. The number of aliphatic imine (C=N–C) groups is 1. The van der Waals surface area contributed by atoms with Gasteiger partial charge in [0.25, 0.3) is 0 Å². The predicted octanol–water partition coefficient (Wildman–Crippen LogP) is 2.46. The van der Waals surface area contributed by atoms with Crippen LogP contribution < -0.4 is 5.73 Å². The summed E-state index contributed by atoms with van der Waals surface area (Å²) in [5, 5.41) is 0. The van der Waals surface area contributed by atoms with E-state index in [4.69, 9.17) is 5.73 Å². The lowest BCUT2D eigenvalue weighted by Crippen LogP contribution is -2.31. The summed E-state index contributed by atoms with van der Waals surface area (Å²) in [4.78, 5) is 4.26. The van der Waals surface area contributed by atoms with E-state index in [1.54, 1.807) is 0 Å². The Bertz CT molecular complexity index is 293. The maximum absolute atomic E-state index is 12.0. The molecule has 0 radical (unpaired) electrons. The van der Waals surface area contributed by atoms with E-state index in [0.29, 0.717) is 18.0 Å². The Balaban J connectivity index is 5.03. The number of nitrogens with zero attached hydrogens (tertiary/aromatic N) is 2. The van der Waals surface area contributed by atoms with Crippen LogP contribution in [-0.2, 0) is 11.4 Å². The Hall–Kier alpha value is -0.550. The van der Waals surface area contributed by atoms with E-state index >= 15 is 0 Å². The van der Waals surface area contributed by atoms with Crippen LogP contribution in [0.1, 0.15) is 54.4 Å². The topological polar surface area (TPSA) is 73.8 Å². The Morgan fingerprint density at radius 2 is 1.88 bits per heavy atom. The Morgan fingerprint density at radius 1 is 1.35 bits per heavy atom. The van der Waals surface area contributed by atoms with Gasteiger partial charge in [0.1, 0.15) is 27.7 Å². The average molecular weight is 259 g/mol. The second-order valence-corrected chi connectivity index (χ2v) is 7.16. The normalized spacial score (nSPS) is 16.5. The third-order valence-corrected chi connectivity index (χ3v) is 3.33. The molecule has 1 unspecified atom stereocenters. The number of hydrogen-bond donors (Lipinski definition) is 1. The minimum atomic E-state index is -1.28. The van der Waals surface area contributed by atoms with E-state index < -0.39 is 11.4 Å². The molecule has 0 bridgehead atoms. The fraction of sp³-hybridized carbons (Fsp3) is 0.833. The van der Waals surface area contributed by atoms with Gasteiger partial charge in [0, 0.05) is 6.04 Å². The van der Waals surface area contributed by atoms with Gasteiger partial charge < -0.3 is 10.3 Å². The quantitative estimate of drug-likeness (QED) is 0.468. The smallest absolute Gasteiger partial charge is 0.145 e. The third kappa shape index (κ3) is 6.68. The van der Waals surface area contributed by atoms with Gasteiger partial charge in [-0.05, 0) is 41.0 Å². The standard InChI is InChI=1S/C12H25N3OS/c1-7-8-10(11(13)14-9(2)3)15-17(16)12(4,5)6/h9H,7-8H2,1-6H3,(H2,13,14). The summed E-state index contributed by atoms with van der Waals surface area (Å²) in [5.74, 6) is 0.416. The lowest BCUT2D eigenvalue weighted by Gasteiger charge is -2.19.